The average Bonchev–Trinajstić information content (AvgIpc) is 2.83. The quantitative estimate of drug-likeness (QED) is 0.552. The van der Waals surface area contributed by atoms with Crippen molar-refractivity contribution in [1.82, 2.24) is 13.9 Å². The van der Waals surface area contributed by atoms with Crippen LogP contribution in [-0.4, -0.2) is 60.7 Å². The smallest absolute Gasteiger partial charge is 0.416 e. The summed E-state index contributed by atoms with van der Waals surface area (Å²) in [5.41, 5.74) is -0.272. The maximum absolute atomic E-state index is 13.5. The first-order valence-electron chi connectivity index (χ1n) is 11.2. The van der Waals surface area contributed by atoms with Crippen molar-refractivity contribution >= 4 is 22.1 Å². The zero-order valence-corrected chi connectivity index (χ0v) is 20.8. The third-order valence-corrected chi connectivity index (χ3v) is 8.33. The number of carbonyl (C=O) groups is 1. The van der Waals surface area contributed by atoms with Crippen LogP contribution in [0.15, 0.2) is 48.5 Å². The minimum Gasteiger partial charge on any atom is -0.496 e. The molecule has 1 heterocycles. The van der Waals surface area contributed by atoms with E-state index < -0.39 is 17.2 Å². The third kappa shape index (κ3) is 5.82. The molecule has 1 saturated heterocycles. The van der Waals surface area contributed by atoms with Gasteiger partial charge in [0, 0.05) is 25.0 Å². The predicted molar refractivity (Wildman–Crippen MR) is 132 cm³/mol. The number of amides is 1. The van der Waals surface area contributed by atoms with Crippen LogP contribution in [0.25, 0.3) is 0 Å². The molecule has 0 spiro atoms. The Morgan fingerprint density at radius 3 is 2.44 bits per heavy atom. The highest BCUT2D eigenvalue weighted by Crippen LogP contribution is 2.40. The van der Waals surface area contributed by atoms with Crippen molar-refractivity contribution in [2.45, 2.75) is 31.4 Å². The van der Waals surface area contributed by atoms with Crippen LogP contribution >= 0.6 is 10.9 Å². The molecule has 0 saturated carbocycles. The van der Waals surface area contributed by atoms with Gasteiger partial charge in [-0.05, 0) is 63.0 Å². The van der Waals surface area contributed by atoms with Crippen LogP contribution in [0.3, 0.4) is 0 Å². The SMILES string of the molecule is C/C=S(\N(C)C)N1CCC(CNC(=O)c2ccccc2OC)(c2cccc(C(F)(F)F)c2)CC1. The van der Waals surface area contributed by atoms with Gasteiger partial charge in [-0.1, -0.05) is 41.2 Å². The number of para-hydroxylation sites is 1. The largest absolute Gasteiger partial charge is 0.496 e. The number of nitrogens with one attached hydrogen (secondary N) is 1. The number of rotatable bonds is 7. The van der Waals surface area contributed by atoms with Gasteiger partial charge in [-0.3, -0.25) is 9.10 Å². The fourth-order valence-corrected chi connectivity index (χ4v) is 6.20. The van der Waals surface area contributed by atoms with E-state index >= 15 is 0 Å². The third-order valence-electron chi connectivity index (χ3n) is 6.27. The minimum atomic E-state index is -4.42. The van der Waals surface area contributed by atoms with Crippen LogP contribution < -0.4 is 10.1 Å². The normalized spacial score (nSPS) is 17.5. The van der Waals surface area contributed by atoms with E-state index in [4.69, 9.17) is 4.74 Å². The van der Waals surface area contributed by atoms with Gasteiger partial charge in [0.05, 0.1) is 18.2 Å². The summed E-state index contributed by atoms with van der Waals surface area (Å²) in [5, 5.41) is 5.13. The summed E-state index contributed by atoms with van der Waals surface area (Å²) in [7, 11) is 5.37. The highest BCUT2D eigenvalue weighted by Gasteiger charge is 2.39. The molecule has 0 aliphatic carbocycles. The van der Waals surface area contributed by atoms with Crippen LogP contribution in [0.1, 0.15) is 41.3 Å². The molecule has 2 aromatic rings. The molecule has 186 valence electrons. The summed E-state index contributed by atoms with van der Waals surface area (Å²) in [6, 6.07) is 12.4. The Balaban J connectivity index is 1.90. The van der Waals surface area contributed by atoms with Crippen LogP contribution in [0, 0.1) is 0 Å². The van der Waals surface area contributed by atoms with E-state index in [-0.39, 0.29) is 23.3 Å². The molecule has 3 rings (SSSR count). The number of methoxy groups -OCH3 is 1. The highest BCUT2D eigenvalue weighted by molar-refractivity contribution is 8.10. The summed E-state index contributed by atoms with van der Waals surface area (Å²) in [6.45, 7) is 3.69. The first-order chi connectivity index (χ1) is 16.1. The summed E-state index contributed by atoms with van der Waals surface area (Å²) in [6.07, 6.45) is -3.16. The molecular weight excluding hydrogens is 463 g/mol. The lowest BCUT2D eigenvalue weighted by atomic mass is 9.72. The van der Waals surface area contributed by atoms with E-state index in [1.807, 2.05) is 21.0 Å². The maximum Gasteiger partial charge on any atom is 0.416 e. The van der Waals surface area contributed by atoms with Gasteiger partial charge in [-0.15, -0.1) is 0 Å². The second kappa shape index (κ2) is 10.9. The standard InChI is InChI=1S/C25H32F3N3O2S/c1-5-34(30(2)3)31-15-13-24(14-16-31,19-9-8-10-20(17-19)25(26,27)28)18-29-23(32)21-11-6-7-12-22(21)33-4/h5-12,17H,13-16,18H2,1-4H3,(H,29,32). The fourth-order valence-electron chi connectivity index (χ4n) is 4.46. The number of benzene rings is 2. The lowest BCUT2D eigenvalue weighted by Gasteiger charge is -2.44. The Bertz CT molecular complexity index is 1030. The van der Waals surface area contributed by atoms with Crippen molar-refractivity contribution in [2.24, 2.45) is 0 Å². The Morgan fingerprint density at radius 1 is 1.18 bits per heavy atom. The van der Waals surface area contributed by atoms with Crippen LogP contribution in [0.4, 0.5) is 13.2 Å². The average molecular weight is 496 g/mol. The van der Waals surface area contributed by atoms with Gasteiger partial charge >= 0.3 is 6.18 Å². The number of hydrogen-bond acceptors (Lipinski definition) is 4. The summed E-state index contributed by atoms with van der Waals surface area (Å²) < 4.78 is 50.2. The van der Waals surface area contributed by atoms with Crippen molar-refractivity contribution in [3.8, 4) is 5.75 Å². The lowest BCUT2D eigenvalue weighted by molar-refractivity contribution is -0.137. The van der Waals surface area contributed by atoms with Crippen molar-refractivity contribution in [3.63, 3.8) is 0 Å². The van der Waals surface area contributed by atoms with Crippen molar-refractivity contribution in [3.05, 3.63) is 65.2 Å². The fraction of sp³-hybridized carbons (Fsp3) is 0.440. The Morgan fingerprint density at radius 2 is 1.85 bits per heavy atom. The molecule has 1 aliphatic rings. The molecule has 0 aromatic heterocycles. The maximum atomic E-state index is 13.5. The number of halogens is 3. The van der Waals surface area contributed by atoms with E-state index in [1.165, 1.54) is 19.2 Å². The first-order valence-corrected chi connectivity index (χ1v) is 12.4. The summed E-state index contributed by atoms with van der Waals surface area (Å²) in [4.78, 5) is 13.0. The molecule has 34 heavy (non-hydrogen) atoms. The Hall–Kier alpha value is -2.36. The number of carbonyl (C=O) groups excluding carboxylic acids is 1. The summed E-state index contributed by atoms with van der Waals surface area (Å²) in [5.74, 6) is 0.151. The molecule has 1 aliphatic heterocycles. The van der Waals surface area contributed by atoms with Crippen molar-refractivity contribution < 1.29 is 22.7 Å². The van der Waals surface area contributed by atoms with Gasteiger partial charge in [-0.25, -0.2) is 4.31 Å². The molecular formula is C25H32F3N3O2S. The van der Waals surface area contributed by atoms with Gasteiger partial charge in [-0.2, -0.15) is 13.2 Å². The number of alkyl halides is 3. The van der Waals surface area contributed by atoms with E-state index in [9.17, 15) is 18.0 Å². The molecule has 1 N–H and O–H groups in total. The molecule has 1 amide bonds. The van der Waals surface area contributed by atoms with Crippen molar-refractivity contribution in [1.29, 1.82) is 0 Å². The Kier molecular flexibility index (Phi) is 8.43. The van der Waals surface area contributed by atoms with Gasteiger partial charge in [0.25, 0.3) is 5.91 Å². The molecule has 1 atom stereocenters. The highest BCUT2D eigenvalue weighted by atomic mass is 32.2. The van der Waals surface area contributed by atoms with Gasteiger partial charge in [0.15, 0.2) is 0 Å². The van der Waals surface area contributed by atoms with Crippen LogP contribution in [-0.2, 0) is 11.6 Å². The topological polar surface area (TPSA) is 44.8 Å². The molecule has 5 nitrogen and oxygen atoms in total. The van der Waals surface area contributed by atoms with Gasteiger partial charge in [0.1, 0.15) is 5.75 Å². The predicted octanol–water partition coefficient (Wildman–Crippen LogP) is 4.96. The van der Waals surface area contributed by atoms with Crippen LogP contribution in [0.2, 0.25) is 0 Å². The minimum absolute atomic E-state index is 0.167. The zero-order valence-electron chi connectivity index (χ0n) is 20.0. The number of hydrogen-bond donors (Lipinski definition) is 1. The number of ether oxygens (including phenoxy) is 1. The second-order valence-electron chi connectivity index (χ2n) is 8.51. The second-order valence-corrected chi connectivity index (χ2v) is 10.8. The molecule has 1 unspecified atom stereocenters. The van der Waals surface area contributed by atoms with E-state index in [1.54, 1.807) is 30.3 Å². The van der Waals surface area contributed by atoms with E-state index in [0.717, 1.165) is 6.07 Å². The first kappa shape index (κ1) is 26.2. The number of nitrogens with zero attached hydrogens (tertiary/aromatic N) is 2. The zero-order chi connectivity index (χ0) is 24.9. The summed E-state index contributed by atoms with van der Waals surface area (Å²) >= 11 is 0. The lowest BCUT2D eigenvalue weighted by Crippen LogP contribution is -2.48. The van der Waals surface area contributed by atoms with Gasteiger partial charge < -0.3 is 10.1 Å². The molecule has 0 bridgehead atoms. The molecule has 9 heteroatoms. The van der Waals surface area contributed by atoms with Gasteiger partial charge in [0.2, 0.25) is 0 Å². The van der Waals surface area contributed by atoms with E-state index in [0.29, 0.717) is 42.8 Å². The van der Waals surface area contributed by atoms with Crippen molar-refractivity contribution in [2.75, 3.05) is 40.8 Å². The van der Waals surface area contributed by atoms with E-state index in [2.05, 4.69) is 19.3 Å². The van der Waals surface area contributed by atoms with Crippen LogP contribution in [0.5, 0.6) is 5.75 Å². The molecule has 2 aromatic carbocycles. The molecule has 1 fully saturated rings. The monoisotopic (exact) mass is 495 g/mol. The Labute approximate surface area is 202 Å². The number of piperidine rings is 1. The molecule has 0 radical (unpaired) electrons.